The van der Waals surface area contributed by atoms with E-state index in [1.807, 2.05) is 6.07 Å². The smallest absolute Gasteiger partial charge is 0.121 e. The molecule has 0 aliphatic heterocycles. The van der Waals surface area contributed by atoms with Gasteiger partial charge >= 0.3 is 0 Å². The van der Waals surface area contributed by atoms with E-state index in [1.165, 1.54) is 32.1 Å². The zero-order valence-electron chi connectivity index (χ0n) is 12.0. The minimum Gasteiger partial charge on any atom is -0.468 e. The van der Waals surface area contributed by atoms with E-state index in [1.54, 1.807) is 6.26 Å². The molecule has 1 saturated carbocycles. The molecule has 1 aliphatic carbocycles. The highest BCUT2D eigenvalue weighted by Gasteiger charge is 2.43. The number of nitrogens with one attached hydrogen (secondary N) is 1. The van der Waals surface area contributed by atoms with Crippen molar-refractivity contribution in [1.29, 1.82) is 0 Å². The Morgan fingerprint density at radius 3 is 2.56 bits per heavy atom. The zero-order valence-corrected chi connectivity index (χ0v) is 12.0. The molecule has 0 radical (unpaired) electrons. The van der Waals surface area contributed by atoms with Gasteiger partial charge in [0.1, 0.15) is 5.76 Å². The first-order chi connectivity index (χ1) is 8.68. The van der Waals surface area contributed by atoms with Crippen molar-refractivity contribution in [3.05, 3.63) is 24.2 Å². The highest BCUT2D eigenvalue weighted by molar-refractivity contribution is 5.11. The van der Waals surface area contributed by atoms with Gasteiger partial charge < -0.3 is 9.73 Å². The maximum Gasteiger partial charge on any atom is 0.121 e. The maximum atomic E-state index is 5.70. The molecule has 18 heavy (non-hydrogen) atoms. The van der Waals surface area contributed by atoms with Crippen LogP contribution >= 0.6 is 0 Å². The van der Waals surface area contributed by atoms with Gasteiger partial charge in [0.05, 0.1) is 12.3 Å². The summed E-state index contributed by atoms with van der Waals surface area (Å²) in [7, 11) is 0. The summed E-state index contributed by atoms with van der Waals surface area (Å²) < 4.78 is 5.70. The molecule has 0 aromatic carbocycles. The summed E-state index contributed by atoms with van der Waals surface area (Å²) in [5.74, 6) is 1.87. The van der Waals surface area contributed by atoms with E-state index in [9.17, 15) is 0 Å². The third-order valence-electron chi connectivity index (χ3n) is 4.26. The average Bonchev–Trinajstić information content (AvgIpc) is 2.96. The molecule has 2 rings (SSSR count). The number of hydrogen-bond donors (Lipinski definition) is 1. The van der Waals surface area contributed by atoms with Crippen LogP contribution in [0, 0.1) is 11.3 Å². The van der Waals surface area contributed by atoms with Crippen molar-refractivity contribution in [2.45, 2.75) is 58.9 Å². The molecule has 1 unspecified atom stereocenters. The van der Waals surface area contributed by atoms with Gasteiger partial charge in [-0.1, -0.05) is 33.6 Å². The fourth-order valence-electron chi connectivity index (χ4n) is 3.78. The van der Waals surface area contributed by atoms with Crippen LogP contribution in [0.1, 0.15) is 64.7 Å². The Morgan fingerprint density at radius 2 is 2.06 bits per heavy atom. The van der Waals surface area contributed by atoms with Crippen LogP contribution in [0.4, 0.5) is 0 Å². The fourth-order valence-corrected chi connectivity index (χ4v) is 3.78. The first-order valence-electron chi connectivity index (χ1n) is 7.45. The summed E-state index contributed by atoms with van der Waals surface area (Å²) >= 11 is 0. The van der Waals surface area contributed by atoms with Gasteiger partial charge in [0.2, 0.25) is 0 Å². The Balaban J connectivity index is 2.25. The first kappa shape index (κ1) is 13.7. The predicted molar refractivity (Wildman–Crippen MR) is 75.5 cm³/mol. The molecule has 0 bridgehead atoms. The van der Waals surface area contributed by atoms with E-state index in [4.69, 9.17) is 4.42 Å². The second-order valence-electron chi connectivity index (χ2n) is 6.17. The van der Waals surface area contributed by atoms with E-state index >= 15 is 0 Å². The Bertz CT molecular complexity index is 336. The first-order valence-corrected chi connectivity index (χ1v) is 7.45. The lowest BCUT2D eigenvalue weighted by Crippen LogP contribution is -2.37. The third-order valence-corrected chi connectivity index (χ3v) is 4.26. The lowest BCUT2D eigenvalue weighted by molar-refractivity contribution is 0.139. The molecule has 1 fully saturated rings. The zero-order chi connectivity index (χ0) is 13.0. The molecule has 2 nitrogen and oxygen atoms in total. The normalized spacial score (nSPS) is 20.4. The molecule has 1 heterocycles. The Morgan fingerprint density at radius 1 is 1.33 bits per heavy atom. The highest BCUT2D eigenvalue weighted by atomic mass is 16.3. The minimum absolute atomic E-state index is 0.391. The van der Waals surface area contributed by atoms with Crippen LogP contribution < -0.4 is 5.32 Å². The van der Waals surface area contributed by atoms with Gasteiger partial charge in [0.25, 0.3) is 0 Å². The average molecular weight is 249 g/mol. The van der Waals surface area contributed by atoms with Gasteiger partial charge in [-0.3, -0.25) is 0 Å². The molecule has 1 aromatic heterocycles. The van der Waals surface area contributed by atoms with Crippen LogP contribution in [-0.4, -0.2) is 6.54 Å². The van der Waals surface area contributed by atoms with E-state index in [0.29, 0.717) is 11.5 Å². The van der Waals surface area contributed by atoms with Crippen molar-refractivity contribution in [2.24, 2.45) is 11.3 Å². The van der Waals surface area contributed by atoms with Crippen molar-refractivity contribution in [1.82, 2.24) is 5.32 Å². The lowest BCUT2D eigenvalue weighted by Gasteiger charge is -2.38. The molecule has 0 spiro atoms. The third kappa shape index (κ3) is 2.80. The highest BCUT2D eigenvalue weighted by Crippen LogP contribution is 2.51. The van der Waals surface area contributed by atoms with Gasteiger partial charge in [-0.15, -0.1) is 0 Å². The molecular formula is C16H27NO. The summed E-state index contributed by atoms with van der Waals surface area (Å²) in [6.07, 6.45) is 8.51. The summed E-state index contributed by atoms with van der Waals surface area (Å²) in [6, 6.07) is 4.54. The van der Waals surface area contributed by atoms with E-state index in [-0.39, 0.29) is 0 Å². The monoisotopic (exact) mass is 249 g/mol. The standard InChI is InChI=1S/C16H27NO/c1-4-17-15(14-8-7-11-18-14)16(12-13(2)3)9-5-6-10-16/h7-8,11,13,15,17H,4-6,9-10,12H2,1-3H3. The Labute approximate surface area is 111 Å². The van der Waals surface area contributed by atoms with Gasteiger partial charge in [-0.25, -0.2) is 0 Å². The number of rotatable bonds is 6. The number of hydrogen-bond acceptors (Lipinski definition) is 2. The van der Waals surface area contributed by atoms with Crippen LogP contribution in [0.2, 0.25) is 0 Å². The van der Waals surface area contributed by atoms with Gasteiger partial charge in [-0.2, -0.15) is 0 Å². The lowest BCUT2D eigenvalue weighted by atomic mass is 9.71. The molecule has 102 valence electrons. The molecule has 0 amide bonds. The van der Waals surface area contributed by atoms with Crippen LogP contribution in [-0.2, 0) is 0 Å². The topological polar surface area (TPSA) is 25.2 Å². The summed E-state index contributed by atoms with van der Waals surface area (Å²) in [5, 5.41) is 3.68. The minimum atomic E-state index is 0.391. The van der Waals surface area contributed by atoms with Crippen molar-refractivity contribution in [3.8, 4) is 0 Å². The molecular weight excluding hydrogens is 222 g/mol. The van der Waals surface area contributed by atoms with Crippen LogP contribution in [0.15, 0.2) is 22.8 Å². The second kappa shape index (κ2) is 5.92. The molecule has 1 atom stereocenters. The van der Waals surface area contributed by atoms with Crippen molar-refractivity contribution >= 4 is 0 Å². The van der Waals surface area contributed by atoms with Crippen LogP contribution in [0.25, 0.3) is 0 Å². The molecule has 1 aromatic rings. The van der Waals surface area contributed by atoms with Gasteiger partial charge in [-0.05, 0) is 49.3 Å². The van der Waals surface area contributed by atoms with Gasteiger partial charge in [0, 0.05) is 0 Å². The Hall–Kier alpha value is -0.760. The quantitative estimate of drug-likeness (QED) is 0.801. The SMILES string of the molecule is CCNC(c1ccco1)C1(CC(C)C)CCCC1. The van der Waals surface area contributed by atoms with E-state index in [0.717, 1.165) is 18.2 Å². The predicted octanol–water partition coefficient (Wildman–Crippen LogP) is 4.54. The second-order valence-corrected chi connectivity index (χ2v) is 6.17. The molecule has 0 saturated heterocycles. The van der Waals surface area contributed by atoms with Crippen molar-refractivity contribution in [2.75, 3.05) is 6.54 Å². The summed E-state index contributed by atoms with van der Waals surface area (Å²) in [5.41, 5.74) is 0.405. The largest absolute Gasteiger partial charge is 0.468 e. The van der Waals surface area contributed by atoms with Crippen molar-refractivity contribution in [3.63, 3.8) is 0 Å². The fraction of sp³-hybridized carbons (Fsp3) is 0.750. The summed E-state index contributed by atoms with van der Waals surface area (Å²) in [4.78, 5) is 0. The van der Waals surface area contributed by atoms with Crippen molar-refractivity contribution < 1.29 is 4.42 Å². The molecule has 1 N–H and O–H groups in total. The summed E-state index contributed by atoms with van der Waals surface area (Å²) in [6.45, 7) is 7.87. The number of furan rings is 1. The van der Waals surface area contributed by atoms with E-state index in [2.05, 4.69) is 32.2 Å². The molecule has 1 aliphatic rings. The van der Waals surface area contributed by atoms with Gasteiger partial charge in [0.15, 0.2) is 0 Å². The molecule has 2 heteroatoms. The maximum absolute atomic E-state index is 5.70. The van der Waals surface area contributed by atoms with Crippen LogP contribution in [0.3, 0.4) is 0 Å². The van der Waals surface area contributed by atoms with Crippen LogP contribution in [0.5, 0.6) is 0 Å². The van der Waals surface area contributed by atoms with E-state index < -0.39 is 0 Å². The Kier molecular flexibility index (Phi) is 4.50.